The van der Waals surface area contributed by atoms with Gasteiger partial charge in [0.05, 0.1) is 25.4 Å². The third-order valence-corrected chi connectivity index (χ3v) is 3.93. The van der Waals surface area contributed by atoms with Crippen LogP contribution in [0.5, 0.6) is 0 Å². The Labute approximate surface area is 122 Å². The molecule has 4 nitrogen and oxygen atoms in total. The Hall–Kier alpha value is -0.460. The van der Waals surface area contributed by atoms with E-state index in [4.69, 9.17) is 9.84 Å². The highest BCUT2D eigenvalue weighted by Crippen LogP contribution is 2.20. The number of hydrogen-bond acceptors (Lipinski definition) is 4. The molecule has 5 heteroatoms. The lowest BCUT2D eigenvalue weighted by molar-refractivity contribution is -0.0551. The molecule has 0 saturated carbocycles. The van der Waals surface area contributed by atoms with Crippen molar-refractivity contribution in [2.45, 2.75) is 18.6 Å². The zero-order valence-electron chi connectivity index (χ0n) is 10.8. The Morgan fingerprint density at radius 1 is 1.37 bits per heavy atom. The molecule has 2 rings (SSSR count). The van der Waals surface area contributed by atoms with Crippen LogP contribution in [0.4, 0.5) is 0 Å². The van der Waals surface area contributed by atoms with E-state index < -0.39 is 6.10 Å². The van der Waals surface area contributed by atoms with Crippen molar-refractivity contribution in [1.29, 1.82) is 0 Å². The number of aliphatic hydroxyl groups is 2. The van der Waals surface area contributed by atoms with Crippen LogP contribution < -0.4 is 0 Å². The second kappa shape index (κ2) is 7.36. The number of halogens is 1. The maximum Gasteiger partial charge on any atom is 0.0932 e. The van der Waals surface area contributed by atoms with Gasteiger partial charge in [-0.25, -0.2) is 0 Å². The first-order chi connectivity index (χ1) is 9.19. The van der Waals surface area contributed by atoms with Gasteiger partial charge in [-0.15, -0.1) is 0 Å². The first-order valence-corrected chi connectivity index (χ1v) is 7.36. The van der Waals surface area contributed by atoms with E-state index in [1.54, 1.807) is 0 Å². The molecule has 2 unspecified atom stereocenters. The minimum Gasteiger partial charge on any atom is -0.394 e. The van der Waals surface area contributed by atoms with E-state index in [1.807, 2.05) is 24.3 Å². The first-order valence-electron chi connectivity index (χ1n) is 6.57. The zero-order chi connectivity index (χ0) is 13.7. The summed E-state index contributed by atoms with van der Waals surface area (Å²) >= 11 is 3.38. The van der Waals surface area contributed by atoms with Gasteiger partial charge in [-0.2, -0.15) is 0 Å². The molecule has 1 aliphatic rings. The molecular weight excluding hydrogens is 310 g/mol. The van der Waals surface area contributed by atoms with E-state index in [1.165, 1.54) is 0 Å². The van der Waals surface area contributed by atoms with Crippen molar-refractivity contribution in [1.82, 2.24) is 4.90 Å². The van der Waals surface area contributed by atoms with E-state index in [-0.39, 0.29) is 12.7 Å². The summed E-state index contributed by atoms with van der Waals surface area (Å²) in [5.74, 6) is 0. The van der Waals surface area contributed by atoms with Crippen molar-refractivity contribution >= 4 is 15.9 Å². The number of rotatable bonds is 5. The summed E-state index contributed by atoms with van der Waals surface area (Å²) in [6.07, 6.45) is 0.168. The van der Waals surface area contributed by atoms with Crippen molar-refractivity contribution < 1.29 is 14.9 Å². The monoisotopic (exact) mass is 329 g/mol. The van der Waals surface area contributed by atoms with Gasteiger partial charge >= 0.3 is 0 Å². The van der Waals surface area contributed by atoms with Crippen LogP contribution in [0.15, 0.2) is 28.7 Å². The van der Waals surface area contributed by atoms with Crippen molar-refractivity contribution in [3.63, 3.8) is 0 Å². The van der Waals surface area contributed by atoms with Gasteiger partial charge < -0.3 is 14.9 Å². The number of ether oxygens (including phenoxy) is 1. The molecule has 1 aromatic rings. The number of nitrogens with zero attached hydrogens (tertiary/aromatic N) is 1. The highest BCUT2D eigenvalue weighted by molar-refractivity contribution is 9.10. The minimum absolute atomic E-state index is 0.0613. The molecule has 1 aliphatic heterocycles. The first kappa shape index (κ1) is 14.9. The summed E-state index contributed by atoms with van der Waals surface area (Å²) in [4.78, 5) is 2.23. The average molecular weight is 330 g/mol. The van der Waals surface area contributed by atoms with E-state index in [0.717, 1.165) is 29.7 Å². The second-order valence-corrected chi connectivity index (χ2v) is 5.75. The second-order valence-electron chi connectivity index (χ2n) is 4.83. The van der Waals surface area contributed by atoms with Crippen molar-refractivity contribution in [3.8, 4) is 0 Å². The summed E-state index contributed by atoms with van der Waals surface area (Å²) in [6.45, 7) is 3.13. The average Bonchev–Trinajstić information content (AvgIpc) is 2.46. The Morgan fingerprint density at radius 3 is 2.79 bits per heavy atom. The Bertz CT molecular complexity index is 385. The van der Waals surface area contributed by atoms with Gasteiger partial charge in [0.2, 0.25) is 0 Å². The zero-order valence-corrected chi connectivity index (χ0v) is 12.4. The van der Waals surface area contributed by atoms with E-state index >= 15 is 0 Å². The highest BCUT2D eigenvalue weighted by atomic mass is 79.9. The highest BCUT2D eigenvalue weighted by Gasteiger charge is 2.20. The fourth-order valence-corrected chi connectivity index (χ4v) is 2.51. The predicted octanol–water partition coefficient (Wildman–Crippen LogP) is 1.57. The molecule has 1 heterocycles. The summed E-state index contributed by atoms with van der Waals surface area (Å²) < 4.78 is 6.42. The molecule has 0 bridgehead atoms. The molecule has 0 aliphatic carbocycles. The Kier molecular flexibility index (Phi) is 5.78. The van der Waals surface area contributed by atoms with E-state index in [2.05, 4.69) is 20.8 Å². The fraction of sp³-hybridized carbons (Fsp3) is 0.571. The predicted molar refractivity (Wildman–Crippen MR) is 77.0 cm³/mol. The smallest absolute Gasteiger partial charge is 0.0932 e. The van der Waals surface area contributed by atoms with Gasteiger partial charge in [-0.3, -0.25) is 4.90 Å². The van der Waals surface area contributed by atoms with Gasteiger partial charge in [0.1, 0.15) is 0 Å². The normalized spacial score (nSPS) is 22.4. The molecule has 106 valence electrons. The van der Waals surface area contributed by atoms with Crippen LogP contribution in [0.3, 0.4) is 0 Å². The van der Waals surface area contributed by atoms with Crippen LogP contribution in [0.25, 0.3) is 0 Å². The molecule has 2 N–H and O–H groups in total. The van der Waals surface area contributed by atoms with Crippen LogP contribution in [-0.2, 0) is 4.74 Å². The fourth-order valence-electron chi connectivity index (χ4n) is 2.25. The van der Waals surface area contributed by atoms with E-state index in [0.29, 0.717) is 13.0 Å². The summed E-state index contributed by atoms with van der Waals surface area (Å²) in [5, 5.41) is 19.2. The maximum absolute atomic E-state index is 10.1. The quantitative estimate of drug-likeness (QED) is 0.860. The van der Waals surface area contributed by atoms with Gasteiger partial charge in [-0.05, 0) is 24.1 Å². The van der Waals surface area contributed by atoms with Crippen molar-refractivity contribution in [2.24, 2.45) is 0 Å². The molecule has 0 aromatic heterocycles. The molecule has 19 heavy (non-hydrogen) atoms. The molecule has 0 radical (unpaired) electrons. The van der Waals surface area contributed by atoms with E-state index in [9.17, 15) is 5.11 Å². The summed E-state index contributed by atoms with van der Waals surface area (Å²) in [6, 6.07) is 7.75. The maximum atomic E-state index is 10.1. The lowest BCUT2D eigenvalue weighted by Gasteiger charge is -2.32. The number of hydrogen-bond donors (Lipinski definition) is 2. The molecule has 2 atom stereocenters. The third kappa shape index (κ3) is 4.54. The molecular formula is C14H20BrNO3. The molecule has 1 saturated heterocycles. The van der Waals surface area contributed by atoms with Gasteiger partial charge in [0.25, 0.3) is 0 Å². The molecule has 1 fully saturated rings. The lowest BCUT2D eigenvalue weighted by atomic mass is 10.1. The van der Waals surface area contributed by atoms with Crippen LogP contribution in [0.1, 0.15) is 18.1 Å². The van der Waals surface area contributed by atoms with Crippen LogP contribution >= 0.6 is 15.9 Å². The molecule has 0 amide bonds. The Morgan fingerprint density at radius 2 is 2.11 bits per heavy atom. The lowest BCUT2D eigenvalue weighted by Crippen LogP contribution is -2.44. The topological polar surface area (TPSA) is 52.9 Å². The Balaban J connectivity index is 1.79. The molecule has 1 aromatic carbocycles. The number of morpholine rings is 1. The van der Waals surface area contributed by atoms with Crippen molar-refractivity contribution in [3.05, 3.63) is 34.3 Å². The number of benzene rings is 1. The SMILES string of the molecule is OCC1CN(CCC(O)c2ccc(Br)cc2)CCO1. The van der Waals surface area contributed by atoms with Gasteiger partial charge in [0.15, 0.2) is 0 Å². The van der Waals surface area contributed by atoms with Crippen LogP contribution in [0, 0.1) is 0 Å². The summed E-state index contributed by atoms with van der Waals surface area (Å²) in [5.41, 5.74) is 0.940. The van der Waals surface area contributed by atoms with Crippen molar-refractivity contribution in [2.75, 3.05) is 32.8 Å². The van der Waals surface area contributed by atoms with Gasteiger partial charge in [-0.1, -0.05) is 28.1 Å². The van der Waals surface area contributed by atoms with Gasteiger partial charge in [0, 0.05) is 24.1 Å². The van der Waals surface area contributed by atoms with Crippen LogP contribution in [0.2, 0.25) is 0 Å². The minimum atomic E-state index is -0.441. The molecule has 0 spiro atoms. The summed E-state index contributed by atoms with van der Waals surface area (Å²) in [7, 11) is 0. The van der Waals surface area contributed by atoms with Crippen LogP contribution in [-0.4, -0.2) is 54.1 Å². The number of aliphatic hydroxyl groups excluding tert-OH is 2. The largest absolute Gasteiger partial charge is 0.394 e. The third-order valence-electron chi connectivity index (χ3n) is 3.40. The standard InChI is InChI=1S/C14H20BrNO3/c15-12-3-1-11(2-4-12)14(18)5-6-16-7-8-19-13(9-16)10-17/h1-4,13-14,17-18H,5-10H2.